The maximum atomic E-state index is 14.1. The lowest BCUT2D eigenvalue weighted by Crippen LogP contribution is -2.48. The zero-order valence-electron chi connectivity index (χ0n) is 14.5. The number of alkyl halides is 1. The van der Waals surface area contributed by atoms with E-state index in [4.69, 9.17) is 0 Å². The molecule has 2 amide bonds. The smallest absolute Gasteiger partial charge is 0.317 e. The van der Waals surface area contributed by atoms with Crippen LogP contribution in [0.5, 0.6) is 0 Å². The Morgan fingerprint density at radius 2 is 2.00 bits per heavy atom. The van der Waals surface area contributed by atoms with E-state index in [0.717, 1.165) is 25.9 Å². The molecule has 136 valence electrons. The number of nitrogens with zero attached hydrogens (tertiary/aromatic N) is 2. The molecule has 0 bridgehead atoms. The summed E-state index contributed by atoms with van der Waals surface area (Å²) in [5.41, 5.74) is 0.649. The number of benzene rings is 1. The first-order valence-corrected chi connectivity index (χ1v) is 9.23. The zero-order valence-corrected chi connectivity index (χ0v) is 14.5. The highest BCUT2D eigenvalue weighted by Gasteiger charge is 2.44. The Morgan fingerprint density at radius 3 is 2.72 bits per heavy atom. The summed E-state index contributed by atoms with van der Waals surface area (Å²) in [5.74, 6) is 0.625. The molecule has 3 fully saturated rings. The van der Waals surface area contributed by atoms with Gasteiger partial charge in [-0.25, -0.2) is 13.6 Å². The predicted octanol–water partition coefficient (Wildman–Crippen LogP) is 3.18. The van der Waals surface area contributed by atoms with Crippen molar-refractivity contribution in [2.24, 2.45) is 11.8 Å². The van der Waals surface area contributed by atoms with E-state index in [0.29, 0.717) is 23.9 Å². The van der Waals surface area contributed by atoms with Crippen molar-refractivity contribution in [3.63, 3.8) is 0 Å². The Balaban J connectivity index is 1.40. The second-order valence-corrected chi connectivity index (χ2v) is 7.75. The lowest BCUT2D eigenvalue weighted by atomic mass is 9.98. The van der Waals surface area contributed by atoms with Gasteiger partial charge in [-0.05, 0) is 37.8 Å². The van der Waals surface area contributed by atoms with Gasteiger partial charge < -0.3 is 15.1 Å². The Labute approximate surface area is 147 Å². The molecule has 0 spiro atoms. The molecule has 2 heterocycles. The van der Waals surface area contributed by atoms with Crippen molar-refractivity contribution in [3.05, 3.63) is 30.1 Å². The number of carbonyl (C=O) groups excluding carboxylic acids is 1. The van der Waals surface area contributed by atoms with Crippen molar-refractivity contribution >= 4 is 11.7 Å². The average Bonchev–Trinajstić information content (AvgIpc) is 3.23. The van der Waals surface area contributed by atoms with E-state index in [1.165, 1.54) is 6.07 Å². The SMILES string of the molecule is CC1C[C@@H](F)CN1C(=O)N[C@H]1CC[C@@H]2CN(c3ccccc3F)C[C@@H]21. The van der Waals surface area contributed by atoms with E-state index in [1.54, 1.807) is 11.0 Å². The van der Waals surface area contributed by atoms with E-state index < -0.39 is 6.17 Å². The number of anilines is 1. The maximum Gasteiger partial charge on any atom is 0.317 e. The fourth-order valence-corrected chi connectivity index (χ4v) is 4.84. The highest BCUT2D eigenvalue weighted by atomic mass is 19.1. The number of amides is 2. The van der Waals surface area contributed by atoms with Crippen molar-refractivity contribution in [2.75, 3.05) is 24.5 Å². The summed E-state index contributed by atoms with van der Waals surface area (Å²) in [4.78, 5) is 16.2. The van der Waals surface area contributed by atoms with Crippen molar-refractivity contribution in [2.45, 2.75) is 44.4 Å². The number of hydrogen-bond acceptors (Lipinski definition) is 2. The van der Waals surface area contributed by atoms with E-state index in [2.05, 4.69) is 10.2 Å². The van der Waals surface area contributed by atoms with Gasteiger partial charge in [0.25, 0.3) is 0 Å². The van der Waals surface area contributed by atoms with Crippen LogP contribution in [0.15, 0.2) is 24.3 Å². The number of likely N-dealkylation sites (tertiary alicyclic amines) is 1. The van der Waals surface area contributed by atoms with Crippen LogP contribution in [-0.2, 0) is 0 Å². The summed E-state index contributed by atoms with van der Waals surface area (Å²) < 4.78 is 27.6. The normalized spacial score (nSPS) is 34.4. The van der Waals surface area contributed by atoms with Crippen molar-refractivity contribution in [1.82, 2.24) is 10.2 Å². The van der Waals surface area contributed by atoms with Crippen LogP contribution in [0.1, 0.15) is 26.2 Å². The largest absolute Gasteiger partial charge is 0.369 e. The molecule has 4 nitrogen and oxygen atoms in total. The molecule has 1 saturated carbocycles. The van der Waals surface area contributed by atoms with Gasteiger partial charge in [-0.3, -0.25) is 0 Å². The number of para-hydroxylation sites is 1. The van der Waals surface area contributed by atoms with E-state index in [9.17, 15) is 13.6 Å². The van der Waals surface area contributed by atoms with Crippen molar-refractivity contribution in [1.29, 1.82) is 0 Å². The van der Waals surface area contributed by atoms with Crippen LogP contribution in [0.4, 0.5) is 19.3 Å². The highest BCUT2D eigenvalue weighted by molar-refractivity contribution is 5.75. The van der Waals surface area contributed by atoms with Crippen LogP contribution >= 0.6 is 0 Å². The molecule has 1 unspecified atom stereocenters. The number of urea groups is 1. The highest BCUT2D eigenvalue weighted by Crippen LogP contribution is 2.40. The zero-order chi connectivity index (χ0) is 17.6. The van der Waals surface area contributed by atoms with Crippen LogP contribution in [0.25, 0.3) is 0 Å². The van der Waals surface area contributed by atoms with Gasteiger partial charge in [0, 0.05) is 37.5 Å². The molecule has 4 rings (SSSR count). The van der Waals surface area contributed by atoms with E-state index in [-0.39, 0.29) is 30.5 Å². The summed E-state index contributed by atoms with van der Waals surface area (Å²) in [6.45, 7) is 3.68. The third kappa shape index (κ3) is 3.07. The molecule has 0 radical (unpaired) electrons. The maximum absolute atomic E-state index is 14.1. The topological polar surface area (TPSA) is 35.6 Å². The Kier molecular flexibility index (Phi) is 4.29. The average molecular weight is 349 g/mol. The van der Waals surface area contributed by atoms with Crippen LogP contribution < -0.4 is 10.2 Å². The molecule has 3 aliphatic rings. The number of carbonyl (C=O) groups is 1. The predicted molar refractivity (Wildman–Crippen MR) is 92.8 cm³/mol. The molecular formula is C19H25F2N3O. The minimum atomic E-state index is -0.917. The lowest BCUT2D eigenvalue weighted by molar-refractivity contribution is 0.186. The molecule has 0 aromatic heterocycles. The molecule has 1 aromatic carbocycles. The standard InChI is InChI=1S/C19H25F2N3O/c1-12-8-14(20)10-24(12)19(25)22-17-7-6-13-9-23(11-15(13)17)18-5-3-2-4-16(18)21/h2-5,12-15,17H,6-11H2,1H3,(H,22,25)/t12?,13-,14-,15+,17+/m1/s1. The molecular weight excluding hydrogens is 324 g/mol. The molecule has 1 N–H and O–H groups in total. The van der Waals surface area contributed by atoms with E-state index in [1.807, 2.05) is 19.1 Å². The third-order valence-corrected chi connectivity index (χ3v) is 6.14. The van der Waals surface area contributed by atoms with Gasteiger partial charge >= 0.3 is 6.03 Å². The van der Waals surface area contributed by atoms with Gasteiger partial charge in [0.1, 0.15) is 12.0 Å². The molecule has 1 aromatic rings. The minimum absolute atomic E-state index is 0.0503. The molecule has 25 heavy (non-hydrogen) atoms. The van der Waals surface area contributed by atoms with Gasteiger partial charge in [0.15, 0.2) is 0 Å². The quantitative estimate of drug-likeness (QED) is 0.890. The van der Waals surface area contributed by atoms with Crippen LogP contribution in [0, 0.1) is 17.7 Å². The van der Waals surface area contributed by atoms with Crippen LogP contribution in [0.2, 0.25) is 0 Å². The van der Waals surface area contributed by atoms with Gasteiger partial charge in [-0.2, -0.15) is 0 Å². The van der Waals surface area contributed by atoms with Gasteiger partial charge in [0.05, 0.1) is 12.2 Å². The minimum Gasteiger partial charge on any atom is -0.369 e. The van der Waals surface area contributed by atoms with Gasteiger partial charge in [0.2, 0.25) is 0 Å². The number of hydrogen-bond donors (Lipinski definition) is 1. The van der Waals surface area contributed by atoms with Crippen molar-refractivity contribution in [3.8, 4) is 0 Å². The molecule has 2 saturated heterocycles. The summed E-state index contributed by atoms with van der Waals surface area (Å²) in [7, 11) is 0. The first-order valence-electron chi connectivity index (χ1n) is 9.23. The summed E-state index contributed by atoms with van der Waals surface area (Å²) in [6, 6.07) is 6.76. The van der Waals surface area contributed by atoms with Crippen LogP contribution in [0.3, 0.4) is 0 Å². The van der Waals surface area contributed by atoms with E-state index >= 15 is 0 Å². The fraction of sp³-hybridized carbons (Fsp3) is 0.632. The second kappa shape index (κ2) is 6.46. The van der Waals surface area contributed by atoms with Crippen molar-refractivity contribution < 1.29 is 13.6 Å². The Bertz CT molecular complexity index is 655. The molecule has 1 aliphatic carbocycles. The number of nitrogens with one attached hydrogen (secondary N) is 1. The molecule has 2 aliphatic heterocycles. The number of rotatable bonds is 2. The molecule has 5 atom stereocenters. The molecule has 6 heteroatoms. The lowest BCUT2D eigenvalue weighted by Gasteiger charge is -2.27. The fourth-order valence-electron chi connectivity index (χ4n) is 4.84. The Hall–Kier alpha value is -1.85. The van der Waals surface area contributed by atoms with Crippen LogP contribution in [-0.4, -0.2) is 48.8 Å². The summed E-state index contributed by atoms with van der Waals surface area (Å²) in [5, 5.41) is 3.13. The number of halogens is 2. The number of fused-ring (bicyclic) bond motifs is 1. The third-order valence-electron chi connectivity index (χ3n) is 6.14. The first kappa shape index (κ1) is 16.6. The van der Waals surface area contributed by atoms with Gasteiger partial charge in [-0.15, -0.1) is 0 Å². The Morgan fingerprint density at radius 1 is 1.20 bits per heavy atom. The monoisotopic (exact) mass is 349 g/mol. The summed E-state index contributed by atoms with van der Waals surface area (Å²) >= 11 is 0. The second-order valence-electron chi connectivity index (χ2n) is 7.75. The van der Waals surface area contributed by atoms with Gasteiger partial charge in [-0.1, -0.05) is 12.1 Å². The first-order chi connectivity index (χ1) is 12.0. The summed E-state index contributed by atoms with van der Waals surface area (Å²) in [6.07, 6.45) is 1.50.